The number of aromatic nitrogens is 1. The van der Waals surface area contributed by atoms with Gasteiger partial charge in [0, 0.05) is 17.1 Å². The number of nitrogens with two attached hydrogens (primary N) is 1. The molecule has 0 aliphatic rings. The fourth-order valence-corrected chi connectivity index (χ4v) is 2.17. The van der Waals surface area contributed by atoms with Gasteiger partial charge in [0.2, 0.25) is 0 Å². The molecule has 0 radical (unpaired) electrons. The van der Waals surface area contributed by atoms with Crippen LogP contribution in [-0.4, -0.2) is 22.6 Å². The summed E-state index contributed by atoms with van der Waals surface area (Å²) in [5.74, 6) is -0.840. The molecule has 0 spiro atoms. The molecule has 4 N–H and O–H groups in total. The van der Waals surface area contributed by atoms with Crippen molar-refractivity contribution in [3.8, 4) is 0 Å². The minimum atomic E-state index is -0.936. The van der Waals surface area contributed by atoms with E-state index in [1.807, 2.05) is 24.3 Å². The highest BCUT2D eigenvalue weighted by Crippen LogP contribution is 2.33. The van der Waals surface area contributed by atoms with Crippen LogP contribution in [0.15, 0.2) is 30.5 Å². The number of benzene rings is 1. The Labute approximate surface area is 99.4 Å². The zero-order chi connectivity index (χ0) is 12.5. The predicted octanol–water partition coefficient (Wildman–Crippen LogP) is 1.86. The molecule has 1 aromatic carbocycles. The van der Waals surface area contributed by atoms with Gasteiger partial charge in [0.1, 0.15) is 0 Å². The summed E-state index contributed by atoms with van der Waals surface area (Å²) in [6.07, 6.45) is 2.19. The fourth-order valence-electron chi connectivity index (χ4n) is 2.17. The molecule has 0 fully saturated rings. The molecule has 2 rings (SSSR count). The number of hydrogen-bond donors (Lipinski definition) is 3. The van der Waals surface area contributed by atoms with E-state index in [0.29, 0.717) is 13.0 Å². The van der Waals surface area contributed by atoms with Gasteiger partial charge >= 0.3 is 5.97 Å². The van der Waals surface area contributed by atoms with E-state index in [9.17, 15) is 9.90 Å². The second-order valence-electron chi connectivity index (χ2n) is 4.42. The number of carbonyl (C=O) groups is 1. The Morgan fingerprint density at radius 3 is 2.82 bits per heavy atom. The maximum absolute atomic E-state index is 11.5. The molecule has 1 aromatic heterocycles. The van der Waals surface area contributed by atoms with Gasteiger partial charge in [-0.25, -0.2) is 0 Å². The number of carboxylic acid groups (broad SMARTS) is 1. The van der Waals surface area contributed by atoms with E-state index in [-0.39, 0.29) is 0 Å². The molecule has 4 nitrogen and oxygen atoms in total. The lowest BCUT2D eigenvalue weighted by Gasteiger charge is -2.23. The summed E-state index contributed by atoms with van der Waals surface area (Å²) in [6.45, 7) is 2.07. The fraction of sp³-hybridized carbons (Fsp3) is 0.308. The van der Waals surface area contributed by atoms with E-state index < -0.39 is 11.4 Å². The molecule has 1 heterocycles. The number of rotatable bonds is 4. The molecule has 0 saturated heterocycles. The monoisotopic (exact) mass is 232 g/mol. The summed E-state index contributed by atoms with van der Waals surface area (Å²) in [7, 11) is 0. The van der Waals surface area contributed by atoms with Gasteiger partial charge in [-0.2, -0.15) is 0 Å². The molecule has 0 amide bonds. The Morgan fingerprint density at radius 1 is 1.47 bits per heavy atom. The number of hydrogen-bond acceptors (Lipinski definition) is 2. The average molecular weight is 232 g/mol. The highest BCUT2D eigenvalue weighted by Gasteiger charge is 2.36. The Bertz CT molecular complexity index is 547. The van der Waals surface area contributed by atoms with Gasteiger partial charge in [0.15, 0.2) is 0 Å². The lowest BCUT2D eigenvalue weighted by atomic mass is 9.79. The normalized spacial score (nSPS) is 14.7. The van der Waals surface area contributed by atoms with Crippen molar-refractivity contribution in [3.05, 3.63) is 36.0 Å². The van der Waals surface area contributed by atoms with Crippen LogP contribution in [0.25, 0.3) is 10.9 Å². The predicted molar refractivity (Wildman–Crippen MR) is 67.0 cm³/mol. The number of para-hydroxylation sites is 1. The van der Waals surface area contributed by atoms with Crippen LogP contribution >= 0.6 is 0 Å². The van der Waals surface area contributed by atoms with Gasteiger partial charge in [-0.05, 0) is 31.5 Å². The van der Waals surface area contributed by atoms with Crippen LogP contribution in [0.5, 0.6) is 0 Å². The second kappa shape index (κ2) is 4.22. The van der Waals surface area contributed by atoms with E-state index in [0.717, 1.165) is 16.5 Å². The third-order valence-corrected chi connectivity index (χ3v) is 3.30. The van der Waals surface area contributed by atoms with Crippen LogP contribution in [0.4, 0.5) is 0 Å². The molecule has 0 saturated carbocycles. The zero-order valence-corrected chi connectivity index (χ0v) is 9.73. The molecule has 1 atom stereocenters. The van der Waals surface area contributed by atoms with Gasteiger partial charge < -0.3 is 15.8 Å². The maximum Gasteiger partial charge on any atom is 0.313 e. The van der Waals surface area contributed by atoms with Crippen LogP contribution in [-0.2, 0) is 10.2 Å². The molecule has 17 heavy (non-hydrogen) atoms. The largest absolute Gasteiger partial charge is 0.481 e. The summed E-state index contributed by atoms with van der Waals surface area (Å²) in [4.78, 5) is 14.6. The van der Waals surface area contributed by atoms with Gasteiger partial charge in [-0.15, -0.1) is 0 Å². The first kappa shape index (κ1) is 11.7. The Balaban J connectivity index is 2.60. The quantitative estimate of drug-likeness (QED) is 0.752. The minimum Gasteiger partial charge on any atom is -0.481 e. The second-order valence-corrected chi connectivity index (χ2v) is 4.42. The number of nitrogens with one attached hydrogen (secondary N) is 1. The Hall–Kier alpha value is -1.81. The molecule has 2 aromatic rings. The first-order valence-corrected chi connectivity index (χ1v) is 5.59. The maximum atomic E-state index is 11.5. The Kier molecular flexibility index (Phi) is 2.90. The average Bonchev–Trinajstić information content (AvgIpc) is 2.73. The lowest BCUT2D eigenvalue weighted by molar-refractivity contribution is -0.143. The lowest BCUT2D eigenvalue weighted by Crippen LogP contribution is -2.34. The standard InChI is InChI=1S/C13H16N2O2/c1-13(6-7-14,12(16)17)10-8-15-11-5-3-2-4-9(10)11/h2-5,8,15H,6-7,14H2,1H3,(H,16,17). The highest BCUT2D eigenvalue weighted by molar-refractivity contribution is 5.91. The van der Waals surface area contributed by atoms with Crippen LogP contribution < -0.4 is 5.73 Å². The molecule has 0 aliphatic carbocycles. The molecule has 0 bridgehead atoms. The summed E-state index contributed by atoms with van der Waals surface area (Å²) < 4.78 is 0. The van der Waals surface area contributed by atoms with E-state index in [1.54, 1.807) is 13.1 Å². The first-order chi connectivity index (χ1) is 8.09. The van der Waals surface area contributed by atoms with Crippen molar-refractivity contribution in [2.75, 3.05) is 6.54 Å². The topological polar surface area (TPSA) is 79.1 Å². The highest BCUT2D eigenvalue weighted by atomic mass is 16.4. The van der Waals surface area contributed by atoms with Gasteiger partial charge in [0.05, 0.1) is 5.41 Å². The van der Waals surface area contributed by atoms with Crippen molar-refractivity contribution < 1.29 is 9.90 Å². The molecule has 0 aliphatic heterocycles. The molecular weight excluding hydrogens is 216 g/mol. The number of aromatic amines is 1. The molecule has 4 heteroatoms. The van der Waals surface area contributed by atoms with Gasteiger partial charge in [0.25, 0.3) is 0 Å². The number of carboxylic acids is 1. The van der Waals surface area contributed by atoms with Crippen LogP contribution in [0, 0.1) is 0 Å². The van der Waals surface area contributed by atoms with Crippen LogP contribution in [0.2, 0.25) is 0 Å². The first-order valence-electron chi connectivity index (χ1n) is 5.59. The number of H-pyrrole nitrogens is 1. The summed E-state index contributed by atoms with van der Waals surface area (Å²) in [5.41, 5.74) is 6.34. The van der Waals surface area contributed by atoms with E-state index in [1.165, 1.54) is 0 Å². The third-order valence-electron chi connectivity index (χ3n) is 3.30. The van der Waals surface area contributed by atoms with E-state index in [2.05, 4.69) is 4.98 Å². The zero-order valence-electron chi connectivity index (χ0n) is 9.73. The van der Waals surface area contributed by atoms with Crippen molar-refractivity contribution in [1.29, 1.82) is 0 Å². The van der Waals surface area contributed by atoms with Gasteiger partial charge in [-0.1, -0.05) is 18.2 Å². The minimum absolute atomic E-state index is 0.350. The smallest absolute Gasteiger partial charge is 0.313 e. The summed E-state index contributed by atoms with van der Waals surface area (Å²) >= 11 is 0. The van der Waals surface area contributed by atoms with Crippen molar-refractivity contribution >= 4 is 16.9 Å². The molecular formula is C13H16N2O2. The summed E-state index contributed by atoms with van der Waals surface area (Å²) in [6, 6.07) is 7.69. The van der Waals surface area contributed by atoms with Crippen molar-refractivity contribution in [1.82, 2.24) is 4.98 Å². The number of aliphatic carboxylic acids is 1. The van der Waals surface area contributed by atoms with E-state index >= 15 is 0 Å². The molecule has 90 valence electrons. The van der Waals surface area contributed by atoms with Crippen LogP contribution in [0.1, 0.15) is 18.9 Å². The SMILES string of the molecule is CC(CCN)(C(=O)O)c1c[nH]c2ccccc12. The van der Waals surface area contributed by atoms with Crippen molar-refractivity contribution in [2.45, 2.75) is 18.8 Å². The van der Waals surface area contributed by atoms with Crippen molar-refractivity contribution in [3.63, 3.8) is 0 Å². The van der Waals surface area contributed by atoms with E-state index in [4.69, 9.17) is 5.73 Å². The summed E-state index contributed by atoms with van der Waals surface area (Å²) in [5, 5.41) is 10.4. The van der Waals surface area contributed by atoms with Gasteiger partial charge in [-0.3, -0.25) is 4.79 Å². The van der Waals surface area contributed by atoms with Crippen LogP contribution in [0.3, 0.4) is 0 Å². The Morgan fingerprint density at radius 2 is 2.18 bits per heavy atom. The van der Waals surface area contributed by atoms with Crippen molar-refractivity contribution in [2.24, 2.45) is 5.73 Å². The third kappa shape index (κ3) is 1.80. The number of fused-ring (bicyclic) bond motifs is 1. The molecule has 1 unspecified atom stereocenters.